The zero-order valence-electron chi connectivity index (χ0n) is 17.2. The molecule has 0 radical (unpaired) electrons. The van der Waals surface area contributed by atoms with E-state index in [4.69, 9.17) is 9.15 Å². The largest absolute Gasteiger partial charge is 0.457 e. The summed E-state index contributed by atoms with van der Waals surface area (Å²) in [5.41, 5.74) is 3.40. The third-order valence-electron chi connectivity index (χ3n) is 5.05. The van der Waals surface area contributed by atoms with Crippen LogP contribution in [0.5, 0.6) is 0 Å². The molecule has 0 bridgehead atoms. The highest BCUT2D eigenvalue weighted by Crippen LogP contribution is 2.21. The topological polar surface area (TPSA) is 73.6 Å². The molecule has 154 valence electrons. The van der Waals surface area contributed by atoms with Crippen LogP contribution in [-0.2, 0) is 11.3 Å². The van der Waals surface area contributed by atoms with Crippen LogP contribution in [0.15, 0.2) is 82.0 Å². The van der Waals surface area contributed by atoms with Gasteiger partial charge in [-0.1, -0.05) is 60.2 Å². The molecule has 0 unspecified atom stereocenters. The van der Waals surface area contributed by atoms with E-state index in [0.717, 1.165) is 11.1 Å². The van der Waals surface area contributed by atoms with Gasteiger partial charge in [0.25, 0.3) is 0 Å². The minimum Gasteiger partial charge on any atom is -0.457 e. The van der Waals surface area contributed by atoms with Crippen molar-refractivity contribution in [2.24, 2.45) is 0 Å². The fraction of sp³-hybridized carbons (Fsp3) is 0.115. The van der Waals surface area contributed by atoms with E-state index < -0.39 is 11.6 Å². The van der Waals surface area contributed by atoms with Gasteiger partial charge in [0.2, 0.25) is 0 Å². The van der Waals surface area contributed by atoms with Gasteiger partial charge in [-0.3, -0.25) is 4.79 Å². The number of benzene rings is 3. The molecule has 0 N–H and O–H groups in total. The molecule has 0 fully saturated rings. The monoisotopic (exact) mass is 412 g/mol. The van der Waals surface area contributed by atoms with Gasteiger partial charge in [-0.05, 0) is 31.5 Å². The second-order valence-electron chi connectivity index (χ2n) is 7.41. The van der Waals surface area contributed by atoms with Gasteiger partial charge >= 0.3 is 11.6 Å². The number of hydrogen-bond acceptors (Lipinski definition) is 5. The summed E-state index contributed by atoms with van der Waals surface area (Å²) in [6, 6.07) is 20.5. The molecule has 0 saturated heterocycles. The first kappa shape index (κ1) is 20.3. The number of carbonyl (C=O) groups is 2. The molecule has 3 aromatic carbocycles. The van der Waals surface area contributed by atoms with Crippen molar-refractivity contribution >= 4 is 22.7 Å². The summed E-state index contributed by atoms with van der Waals surface area (Å²) < 4.78 is 10.7. The van der Waals surface area contributed by atoms with Crippen LogP contribution < -0.4 is 5.63 Å². The molecular formula is C26H20O5. The summed E-state index contributed by atoms with van der Waals surface area (Å²) in [4.78, 5) is 37.7. The molecule has 1 aromatic heterocycles. The summed E-state index contributed by atoms with van der Waals surface area (Å²) in [6.45, 7) is 3.72. The SMILES string of the molecule is Cc1ccc(C(=O)c2ccccc2C(=O)OCc2cc(=O)oc3cc(C)ccc23)cc1. The molecule has 1 heterocycles. The first-order valence-corrected chi connectivity index (χ1v) is 9.83. The third kappa shape index (κ3) is 4.31. The Balaban J connectivity index is 1.61. The van der Waals surface area contributed by atoms with Gasteiger partial charge in [0.1, 0.15) is 12.2 Å². The minimum absolute atomic E-state index is 0.114. The van der Waals surface area contributed by atoms with Crippen LogP contribution in [-0.4, -0.2) is 11.8 Å². The van der Waals surface area contributed by atoms with Gasteiger partial charge < -0.3 is 9.15 Å². The Labute approximate surface area is 178 Å². The Hall–Kier alpha value is -3.99. The van der Waals surface area contributed by atoms with Gasteiger partial charge in [0.05, 0.1) is 5.56 Å². The maximum Gasteiger partial charge on any atom is 0.339 e. The minimum atomic E-state index is -0.635. The van der Waals surface area contributed by atoms with Gasteiger partial charge in [0, 0.05) is 28.1 Å². The molecule has 0 aliphatic carbocycles. The highest BCUT2D eigenvalue weighted by molar-refractivity contribution is 6.14. The highest BCUT2D eigenvalue weighted by Gasteiger charge is 2.19. The van der Waals surface area contributed by atoms with Crippen LogP contribution in [0.25, 0.3) is 11.0 Å². The van der Waals surface area contributed by atoms with E-state index in [1.54, 1.807) is 42.5 Å². The smallest absolute Gasteiger partial charge is 0.339 e. The van der Waals surface area contributed by atoms with Crippen molar-refractivity contribution in [1.29, 1.82) is 0 Å². The Morgan fingerprint density at radius 3 is 2.26 bits per heavy atom. The zero-order chi connectivity index (χ0) is 22.0. The van der Waals surface area contributed by atoms with Crippen molar-refractivity contribution in [3.8, 4) is 0 Å². The maximum absolute atomic E-state index is 12.9. The van der Waals surface area contributed by atoms with Crippen LogP contribution in [0.1, 0.15) is 43.0 Å². The van der Waals surface area contributed by atoms with E-state index in [-0.39, 0.29) is 23.5 Å². The molecule has 5 nitrogen and oxygen atoms in total. The highest BCUT2D eigenvalue weighted by atomic mass is 16.5. The van der Waals surface area contributed by atoms with Crippen LogP contribution in [0.2, 0.25) is 0 Å². The molecule has 0 aliphatic heterocycles. The second kappa shape index (κ2) is 8.40. The lowest BCUT2D eigenvalue weighted by Gasteiger charge is -2.10. The first-order valence-electron chi connectivity index (χ1n) is 9.83. The van der Waals surface area contributed by atoms with Gasteiger partial charge in [-0.2, -0.15) is 0 Å². The van der Waals surface area contributed by atoms with Crippen LogP contribution in [0.4, 0.5) is 0 Å². The Bertz CT molecular complexity index is 1350. The first-order chi connectivity index (χ1) is 14.9. The van der Waals surface area contributed by atoms with E-state index in [9.17, 15) is 14.4 Å². The molecule has 0 atom stereocenters. The van der Waals surface area contributed by atoms with E-state index in [1.807, 2.05) is 38.1 Å². The van der Waals surface area contributed by atoms with Gasteiger partial charge in [-0.25, -0.2) is 9.59 Å². The average molecular weight is 412 g/mol. The molecule has 31 heavy (non-hydrogen) atoms. The Morgan fingerprint density at radius 2 is 1.52 bits per heavy atom. The number of rotatable bonds is 5. The predicted molar refractivity (Wildman–Crippen MR) is 117 cm³/mol. The van der Waals surface area contributed by atoms with E-state index in [1.165, 1.54) is 6.07 Å². The molecule has 0 aliphatic rings. The van der Waals surface area contributed by atoms with Gasteiger partial charge in [-0.15, -0.1) is 0 Å². The summed E-state index contributed by atoms with van der Waals surface area (Å²) in [7, 11) is 0. The zero-order valence-corrected chi connectivity index (χ0v) is 17.2. The third-order valence-corrected chi connectivity index (χ3v) is 5.05. The number of esters is 1. The Morgan fingerprint density at radius 1 is 0.839 bits per heavy atom. The van der Waals surface area contributed by atoms with Crippen LogP contribution in [0, 0.1) is 13.8 Å². The molecule has 4 aromatic rings. The van der Waals surface area contributed by atoms with Crippen molar-refractivity contribution in [1.82, 2.24) is 0 Å². The number of fused-ring (bicyclic) bond motifs is 1. The van der Waals surface area contributed by atoms with E-state index in [2.05, 4.69) is 0 Å². The molecule has 0 amide bonds. The molecular weight excluding hydrogens is 392 g/mol. The van der Waals surface area contributed by atoms with Gasteiger partial charge in [0.15, 0.2) is 5.78 Å². The Kier molecular flexibility index (Phi) is 5.50. The van der Waals surface area contributed by atoms with Crippen molar-refractivity contribution in [2.45, 2.75) is 20.5 Å². The lowest BCUT2D eigenvalue weighted by molar-refractivity contribution is 0.0471. The van der Waals surface area contributed by atoms with E-state index >= 15 is 0 Å². The number of ether oxygens (including phenoxy) is 1. The summed E-state index contributed by atoms with van der Waals surface area (Å²) >= 11 is 0. The van der Waals surface area contributed by atoms with Crippen LogP contribution in [0.3, 0.4) is 0 Å². The predicted octanol–water partition coefficient (Wildman–Crippen LogP) is 5.00. The van der Waals surface area contributed by atoms with Crippen molar-refractivity contribution in [3.05, 3.63) is 117 Å². The van der Waals surface area contributed by atoms with Crippen molar-refractivity contribution in [3.63, 3.8) is 0 Å². The standard InChI is InChI=1S/C26H20O5/c1-16-7-10-18(11-8-16)25(28)21-5-3-4-6-22(21)26(29)30-15-19-14-24(27)31-23-13-17(2)9-12-20(19)23/h3-14H,15H2,1-2H3. The van der Waals surface area contributed by atoms with Crippen molar-refractivity contribution < 1.29 is 18.7 Å². The van der Waals surface area contributed by atoms with Crippen LogP contribution >= 0.6 is 0 Å². The number of hydrogen-bond donors (Lipinski definition) is 0. The molecule has 5 heteroatoms. The fourth-order valence-corrected chi connectivity index (χ4v) is 3.40. The summed E-state index contributed by atoms with van der Waals surface area (Å²) in [5, 5.41) is 0.696. The average Bonchev–Trinajstić information content (AvgIpc) is 2.77. The summed E-state index contributed by atoms with van der Waals surface area (Å²) in [6.07, 6.45) is 0. The number of aryl methyl sites for hydroxylation is 2. The lowest BCUT2D eigenvalue weighted by atomic mass is 9.98. The maximum atomic E-state index is 12.9. The summed E-state index contributed by atoms with van der Waals surface area (Å²) in [5.74, 6) is -0.890. The molecule has 4 rings (SSSR count). The van der Waals surface area contributed by atoms with Crippen molar-refractivity contribution in [2.75, 3.05) is 0 Å². The molecule has 0 spiro atoms. The number of carbonyl (C=O) groups excluding carboxylic acids is 2. The number of ketones is 1. The fourth-order valence-electron chi connectivity index (χ4n) is 3.40. The quantitative estimate of drug-likeness (QED) is 0.262. The van der Waals surface area contributed by atoms with E-state index in [0.29, 0.717) is 22.1 Å². The lowest BCUT2D eigenvalue weighted by Crippen LogP contribution is -2.13. The second-order valence-corrected chi connectivity index (χ2v) is 7.41. The molecule has 0 saturated carbocycles. The normalized spacial score (nSPS) is 10.8.